The molecule has 162 valence electrons. The fourth-order valence-electron chi connectivity index (χ4n) is 4.65. The van der Waals surface area contributed by atoms with Crippen LogP contribution in [0.2, 0.25) is 0 Å². The van der Waals surface area contributed by atoms with Gasteiger partial charge >= 0.3 is 0 Å². The average Bonchev–Trinajstić information content (AvgIpc) is 2.81. The molecule has 1 fully saturated rings. The van der Waals surface area contributed by atoms with E-state index in [2.05, 4.69) is 12.2 Å². The second-order valence-electron chi connectivity index (χ2n) is 8.46. The van der Waals surface area contributed by atoms with E-state index in [1.165, 1.54) is 12.1 Å². The highest BCUT2D eigenvalue weighted by Crippen LogP contribution is 2.41. The van der Waals surface area contributed by atoms with Gasteiger partial charge in [-0.2, -0.15) is 0 Å². The summed E-state index contributed by atoms with van der Waals surface area (Å²) in [6.45, 7) is 2.82. The summed E-state index contributed by atoms with van der Waals surface area (Å²) in [6, 6.07) is 18.3. The Morgan fingerprint density at radius 1 is 0.968 bits per heavy atom. The summed E-state index contributed by atoms with van der Waals surface area (Å²) in [5.41, 5.74) is 1.06. The molecule has 3 nitrogen and oxygen atoms in total. The van der Waals surface area contributed by atoms with Gasteiger partial charge in [0.1, 0.15) is 11.6 Å². The van der Waals surface area contributed by atoms with Crippen molar-refractivity contribution >= 4 is 22.4 Å². The zero-order valence-corrected chi connectivity index (χ0v) is 18.1. The molecule has 0 spiro atoms. The van der Waals surface area contributed by atoms with Crippen molar-refractivity contribution in [3.63, 3.8) is 0 Å². The van der Waals surface area contributed by atoms with E-state index < -0.39 is 5.41 Å². The topological polar surface area (TPSA) is 38.3 Å². The van der Waals surface area contributed by atoms with E-state index in [1.807, 2.05) is 36.4 Å². The molecule has 0 heterocycles. The van der Waals surface area contributed by atoms with Crippen molar-refractivity contribution < 1.29 is 13.9 Å². The average molecular weight is 420 g/mol. The molecule has 0 saturated heterocycles. The molecule has 1 saturated carbocycles. The third-order valence-electron chi connectivity index (χ3n) is 6.43. The maximum atomic E-state index is 13.7. The predicted molar refractivity (Wildman–Crippen MR) is 124 cm³/mol. The molecular formula is C27H30FNO2. The van der Waals surface area contributed by atoms with Crippen LogP contribution in [0, 0.1) is 5.82 Å². The fourth-order valence-corrected chi connectivity index (χ4v) is 4.65. The molecule has 0 unspecified atom stereocenters. The summed E-state index contributed by atoms with van der Waals surface area (Å²) in [5, 5.41) is 5.18. The lowest BCUT2D eigenvalue weighted by atomic mass is 9.68. The number of rotatable bonds is 7. The largest absolute Gasteiger partial charge is 0.493 e. The van der Waals surface area contributed by atoms with E-state index >= 15 is 0 Å². The standard InChI is InChI=1S/C27H30FNO2/c1-2-3-19-31-25-16-15-24(22-9-5-6-10-23(22)25)29-26(30)27(17-7-4-8-18-27)20-11-13-21(28)14-12-20/h5-6,9-16H,2-4,7-8,17-19H2,1H3,(H,29,30). The Bertz CT molecular complexity index is 1040. The van der Waals surface area contributed by atoms with Gasteiger partial charge in [-0.25, -0.2) is 4.39 Å². The molecule has 0 aromatic heterocycles. The Hall–Kier alpha value is -2.88. The highest BCUT2D eigenvalue weighted by atomic mass is 19.1. The number of hydrogen-bond donors (Lipinski definition) is 1. The molecule has 4 heteroatoms. The molecule has 1 aliphatic carbocycles. The molecule has 31 heavy (non-hydrogen) atoms. The van der Waals surface area contributed by atoms with Gasteiger partial charge in [0.05, 0.1) is 12.0 Å². The Morgan fingerprint density at radius 2 is 1.68 bits per heavy atom. The van der Waals surface area contributed by atoms with Gasteiger partial charge < -0.3 is 10.1 Å². The molecule has 1 aliphatic rings. The molecular weight excluding hydrogens is 389 g/mol. The van der Waals surface area contributed by atoms with Crippen LogP contribution in [-0.4, -0.2) is 12.5 Å². The normalized spacial score (nSPS) is 15.5. The summed E-state index contributed by atoms with van der Waals surface area (Å²) in [4.78, 5) is 13.7. The van der Waals surface area contributed by atoms with E-state index in [1.54, 1.807) is 12.1 Å². The Kier molecular flexibility index (Phi) is 6.55. The number of amides is 1. The van der Waals surface area contributed by atoms with Crippen molar-refractivity contribution in [1.29, 1.82) is 0 Å². The minimum atomic E-state index is -0.622. The summed E-state index contributed by atoms with van der Waals surface area (Å²) < 4.78 is 19.5. The van der Waals surface area contributed by atoms with E-state index in [0.717, 1.165) is 72.7 Å². The van der Waals surface area contributed by atoms with Crippen LogP contribution in [0.25, 0.3) is 10.8 Å². The number of carbonyl (C=O) groups is 1. The van der Waals surface area contributed by atoms with Crippen molar-refractivity contribution in [1.82, 2.24) is 0 Å². The second-order valence-corrected chi connectivity index (χ2v) is 8.46. The number of carbonyl (C=O) groups excluding carboxylic acids is 1. The van der Waals surface area contributed by atoms with Crippen LogP contribution in [-0.2, 0) is 10.2 Å². The van der Waals surface area contributed by atoms with Crippen LogP contribution in [0.1, 0.15) is 57.4 Å². The summed E-state index contributed by atoms with van der Waals surface area (Å²) in [7, 11) is 0. The first-order chi connectivity index (χ1) is 15.1. The van der Waals surface area contributed by atoms with Crippen LogP contribution in [0.5, 0.6) is 5.75 Å². The Labute approximate surface area is 183 Å². The van der Waals surface area contributed by atoms with Crippen molar-refractivity contribution in [3.8, 4) is 5.75 Å². The van der Waals surface area contributed by atoms with Crippen LogP contribution in [0.3, 0.4) is 0 Å². The number of hydrogen-bond acceptors (Lipinski definition) is 2. The minimum absolute atomic E-state index is 0.0105. The fraction of sp³-hybridized carbons (Fsp3) is 0.370. The van der Waals surface area contributed by atoms with E-state index in [9.17, 15) is 9.18 Å². The van der Waals surface area contributed by atoms with Crippen molar-refractivity contribution in [2.24, 2.45) is 0 Å². The minimum Gasteiger partial charge on any atom is -0.493 e. The van der Waals surface area contributed by atoms with Gasteiger partial charge in [-0.15, -0.1) is 0 Å². The Balaban J connectivity index is 1.66. The third-order valence-corrected chi connectivity index (χ3v) is 6.43. The molecule has 3 aromatic rings. The van der Waals surface area contributed by atoms with Crippen molar-refractivity contribution in [3.05, 3.63) is 72.0 Å². The first-order valence-electron chi connectivity index (χ1n) is 11.4. The third kappa shape index (κ3) is 4.43. The van der Waals surface area contributed by atoms with Crippen molar-refractivity contribution in [2.75, 3.05) is 11.9 Å². The maximum Gasteiger partial charge on any atom is 0.235 e. The molecule has 3 aromatic carbocycles. The molecule has 1 N–H and O–H groups in total. The smallest absolute Gasteiger partial charge is 0.235 e. The summed E-state index contributed by atoms with van der Waals surface area (Å²) in [6.07, 6.45) is 6.76. The lowest BCUT2D eigenvalue weighted by molar-refractivity contribution is -0.122. The highest BCUT2D eigenvalue weighted by Gasteiger charge is 2.41. The van der Waals surface area contributed by atoms with Crippen LogP contribution in [0.4, 0.5) is 10.1 Å². The molecule has 0 radical (unpaired) electrons. The lowest BCUT2D eigenvalue weighted by Crippen LogP contribution is -2.42. The van der Waals surface area contributed by atoms with E-state index in [0.29, 0.717) is 6.61 Å². The van der Waals surface area contributed by atoms with Gasteiger partial charge in [-0.3, -0.25) is 4.79 Å². The molecule has 1 amide bonds. The van der Waals surface area contributed by atoms with E-state index in [4.69, 9.17) is 4.74 Å². The number of halogens is 1. The van der Waals surface area contributed by atoms with Gasteiger partial charge in [0.25, 0.3) is 0 Å². The molecule has 4 rings (SSSR count). The summed E-state index contributed by atoms with van der Waals surface area (Å²) >= 11 is 0. The van der Waals surface area contributed by atoms with Gasteiger partial charge in [0.2, 0.25) is 5.91 Å². The van der Waals surface area contributed by atoms with Crippen molar-refractivity contribution in [2.45, 2.75) is 57.3 Å². The van der Waals surface area contributed by atoms with Gasteiger partial charge in [-0.05, 0) is 49.1 Å². The highest BCUT2D eigenvalue weighted by molar-refractivity contribution is 6.07. The van der Waals surface area contributed by atoms with Gasteiger partial charge in [0, 0.05) is 16.5 Å². The Morgan fingerprint density at radius 3 is 2.39 bits per heavy atom. The molecule has 0 atom stereocenters. The van der Waals surface area contributed by atoms with Gasteiger partial charge in [0.15, 0.2) is 0 Å². The number of unbranched alkanes of at least 4 members (excludes halogenated alkanes) is 1. The molecule has 0 aliphatic heterocycles. The number of fused-ring (bicyclic) bond motifs is 1. The van der Waals surface area contributed by atoms with Gasteiger partial charge in [-0.1, -0.05) is 69.0 Å². The monoisotopic (exact) mass is 419 g/mol. The van der Waals surface area contributed by atoms with Crippen LogP contribution in [0.15, 0.2) is 60.7 Å². The second kappa shape index (κ2) is 9.51. The first-order valence-corrected chi connectivity index (χ1v) is 11.4. The number of benzene rings is 3. The lowest BCUT2D eigenvalue weighted by Gasteiger charge is -2.36. The SMILES string of the molecule is CCCCOc1ccc(NC(=O)C2(c3ccc(F)cc3)CCCCC2)c2ccccc12. The molecule has 0 bridgehead atoms. The van der Waals surface area contributed by atoms with E-state index in [-0.39, 0.29) is 11.7 Å². The van der Waals surface area contributed by atoms with Crippen LogP contribution >= 0.6 is 0 Å². The number of nitrogens with one attached hydrogen (secondary N) is 1. The number of ether oxygens (including phenoxy) is 1. The first kappa shape index (κ1) is 21.4. The zero-order valence-electron chi connectivity index (χ0n) is 18.1. The predicted octanol–water partition coefficient (Wildman–Crippen LogP) is 7.00. The zero-order chi connectivity index (χ0) is 21.7. The quantitative estimate of drug-likeness (QED) is 0.419. The number of anilines is 1. The van der Waals surface area contributed by atoms with Crippen LogP contribution < -0.4 is 10.1 Å². The maximum absolute atomic E-state index is 13.7. The summed E-state index contributed by atoms with van der Waals surface area (Å²) in [5.74, 6) is 0.552.